The predicted molar refractivity (Wildman–Crippen MR) is 106 cm³/mol. The SMILES string of the molecule is CNc1c(C=N)c(-c2cc(C)ccc2Oc2ccc(F)cc2F)cn(C)c1=O. The van der Waals surface area contributed by atoms with E-state index in [1.54, 1.807) is 32.4 Å². The van der Waals surface area contributed by atoms with E-state index in [-0.39, 0.29) is 17.0 Å². The highest BCUT2D eigenvalue weighted by Gasteiger charge is 2.18. The van der Waals surface area contributed by atoms with E-state index >= 15 is 0 Å². The van der Waals surface area contributed by atoms with Gasteiger partial charge in [-0.15, -0.1) is 0 Å². The van der Waals surface area contributed by atoms with Gasteiger partial charge in [0.15, 0.2) is 11.6 Å². The van der Waals surface area contributed by atoms with Gasteiger partial charge < -0.3 is 20.0 Å². The summed E-state index contributed by atoms with van der Waals surface area (Å²) in [5, 5.41) is 10.6. The lowest BCUT2D eigenvalue weighted by molar-refractivity contribution is 0.439. The van der Waals surface area contributed by atoms with Gasteiger partial charge in [-0.25, -0.2) is 8.78 Å². The minimum Gasteiger partial charge on any atom is -0.454 e. The Hall–Kier alpha value is -3.48. The number of rotatable bonds is 5. The first kappa shape index (κ1) is 19.3. The number of nitrogens with one attached hydrogen (secondary N) is 2. The molecule has 28 heavy (non-hydrogen) atoms. The Balaban J connectivity index is 2.23. The van der Waals surface area contributed by atoms with E-state index in [1.165, 1.54) is 10.6 Å². The highest BCUT2D eigenvalue weighted by molar-refractivity contribution is 5.96. The van der Waals surface area contributed by atoms with Gasteiger partial charge in [0.2, 0.25) is 0 Å². The van der Waals surface area contributed by atoms with Crippen molar-refractivity contribution in [2.45, 2.75) is 6.92 Å². The van der Waals surface area contributed by atoms with Gasteiger partial charge in [-0.2, -0.15) is 0 Å². The van der Waals surface area contributed by atoms with Gasteiger partial charge in [0.05, 0.1) is 0 Å². The normalized spacial score (nSPS) is 10.6. The monoisotopic (exact) mass is 383 g/mol. The van der Waals surface area contributed by atoms with Gasteiger partial charge >= 0.3 is 0 Å². The first-order valence-electron chi connectivity index (χ1n) is 8.51. The molecule has 5 nitrogen and oxygen atoms in total. The number of pyridine rings is 1. The highest BCUT2D eigenvalue weighted by Crippen LogP contribution is 2.37. The maximum absolute atomic E-state index is 14.1. The Kier molecular flexibility index (Phi) is 5.26. The van der Waals surface area contributed by atoms with Crippen LogP contribution in [0.25, 0.3) is 11.1 Å². The molecule has 0 unspecified atom stereocenters. The second-order valence-electron chi connectivity index (χ2n) is 6.32. The third kappa shape index (κ3) is 3.51. The van der Waals surface area contributed by atoms with Gasteiger partial charge in [-0.1, -0.05) is 11.6 Å². The van der Waals surface area contributed by atoms with Crippen LogP contribution in [0.2, 0.25) is 0 Å². The minimum atomic E-state index is -0.824. The van der Waals surface area contributed by atoms with E-state index in [1.807, 2.05) is 13.0 Å². The van der Waals surface area contributed by atoms with Crippen molar-refractivity contribution in [3.8, 4) is 22.6 Å². The third-order valence-corrected chi connectivity index (χ3v) is 4.35. The zero-order valence-electron chi connectivity index (χ0n) is 15.6. The maximum Gasteiger partial charge on any atom is 0.274 e. The Morgan fingerprint density at radius 1 is 1.11 bits per heavy atom. The summed E-state index contributed by atoms with van der Waals surface area (Å²) in [6.45, 7) is 1.89. The van der Waals surface area contributed by atoms with Crippen LogP contribution in [-0.4, -0.2) is 17.8 Å². The van der Waals surface area contributed by atoms with E-state index in [9.17, 15) is 13.6 Å². The molecular formula is C21H19F2N3O2. The smallest absolute Gasteiger partial charge is 0.274 e. The number of hydrogen-bond donors (Lipinski definition) is 2. The summed E-state index contributed by atoms with van der Waals surface area (Å²) in [6.07, 6.45) is 2.69. The molecular weight excluding hydrogens is 364 g/mol. The zero-order valence-corrected chi connectivity index (χ0v) is 15.6. The molecule has 0 aliphatic rings. The van der Waals surface area contributed by atoms with Crippen LogP contribution < -0.4 is 15.6 Å². The molecule has 3 rings (SSSR count). The molecule has 0 radical (unpaired) electrons. The summed E-state index contributed by atoms with van der Waals surface area (Å²) in [5.74, 6) is -1.33. The van der Waals surface area contributed by atoms with Crippen LogP contribution in [0, 0.1) is 24.0 Å². The number of ether oxygens (including phenoxy) is 1. The van der Waals surface area contributed by atoms with Crippen molar-refractivity contribution in [1.29, 1.82) is 5.41 Å². The van der Waals surface area contributed by atoms with E-state index in [0.29, 0.717) is 22.4 Å². The molecule has 144 valence electrons. The average molecular weight is 383 g/mol. The molecule has 2 N–H and O–H groups in total. The Morgan fingerprint density at radius 3 is 2.46 bits per heavy atom. The molecule has 0 aliphatic heterocycles. The van der Waals surface area contributed by atoms with Gasteiger partial charge in [0.25, 0.3) is 5.56 Å². The van der Waals surface area contributed by atoms with Crippen LogP contribution in [0.4, 0.5) is 14.5 Å². The summed E-state index contributed by atoms with van der Waals surface area (Å²) in [4.78, 5) is 12.4. The average Bonchev–Trinajstić information content (AvgIpc) is 2.66. The van der Waals surface area contributed by atoms with Gasteiger partial charge in [-0.05, 0) is 31.2 Å². The van der Waals surface area contributed by atoms with Crippen LogP contribution in [0.3, 0.4) is 0 Å². The topological polar surface area (TPSA) is 67.1 Å². The first-order chi connectivity index (χ1) is 13.3. The van der Waals surface area contributed by atoms with Crippen molar-refractivity contribution < 1.29 is 13.5 Å². The standard InChI is InChI=1S/C21H19F2N3O2/c1-12-4-6-18(28-19-7-5-13(22)9-17(19)23)14(8-12)16-11-26(3)21(27)20(25-2)15(16)10-24/h4-11,24-25H,1-3H3. The van der Waals surface area contributed by atoms with E-state index in [2.05, 4.69) is 5.32 Å². The lowest BCUT2D eigenvalue weighted by Gasteiger charge is -2.17. The van der Waals surface area contributed by atoms with Gasteiger partial charge in [-0.3, -0.25) is 4.79 Å². The number of hydrogen-bond acceptors (Lipinski definition) is 4. The lowest BCUT2D eigenvalue weighted by atomic mass is 9.98. The van der Waals surface area contributed by atoms with Gasteiger partial charge in [0, 0.05) is 49.3 Å². The third-order valence-electron chi connectivity index (χ3n) is 4.35. The molecule has 1 aromatic heterocycles. The van der Waals surface area contributed by atoms with Crippen molar-refractivity contribution in [2.75, 3.05) is 12.4 Å². The summed E-state index contributed by atoms with van der Waals surface area (Å²) in [7, 11) is 3.21. The van der Waals surface area contributed by atoms with Crippen LogP contribution in [0.1, 0.15) is 11.1 Å². The lowest BCUT2D eigenvalue weighted by Crippen LogP contribution is -2.22. The first-order valence-corrected chi connectivity index (χ1v) is 8.51. The van der Waals surface area contributed by atoms with Crippen molar-refractivity contribution in [2.24, 2.45) is 7.05 Å². The summed E-state index contributed by atoms with van der Waals surface area (Å²) in [6, 6.07) is 8.36. The fraction of sp³-hybridized carbons (Fsp3) is 0.143. The molecule has 0 atom stereocenters. The molecule has 0 amide bonds. The minimum absolute atomic E-state index is 0.124. The quantitative estimate of drug-likeness (QED) is 0.639. The molecule has 7 heteroatoms. The molecule has 0 bridgehead atoms. The van der Waals surface area contributed by atoms with Crippen molar-refractivity contribution in [3.63, 3.8) is 0 Å². The summed E-state index contributed by atoms with van der Waals surface area (Å²) >= 11 is 0. The number of nitrogens with zero attached hydrogens (tertiary/aromatic N) is 1. The molecule has 0 spiro atoms. The summed E-state index contributed by atoms with van der Waals surface area (Å²) in [5.41, 5.74) is 2.45. The number of benzene rings is 2. The Morgan fingerprint density at radius 2 is 1.82 bits per heavy atom. The molecule has 2 aromatic carbocycles. The molecule has 1 heterocycles. The molecule has 0 saturated carbocycles. The fourth-order valence-corrected chi connectivity index (χ4v) is 2.97. The van der Waals surface area contributed by atoms with Gasteiger partial charge in [0.1, 0.15) is 17.3 Å². The van der Waals surface area contributed by atoms with Crippen molar-refractivity contribution >= 4 is 11.9 Å². The molecule has 0 fully saturated rings. The number of aryl methyl sites for hydroxylation is 2. The van der Waals surface area contributed by atoms with E-state index < -0.39 is 11.6 Å². The summed E-state index contributed by atoms with van der Waals surface area (Å²) < 4.78 is 34.4. The maximum atomic E-state index is 14.1. The van der Waals surface area contributed by atoms with Crippen LogP contribution >= 0.6 is 0 Å². The molecule has 0 aliphatic carbocycles. The number of halogens is 2. The number of anilines is 1. The fourth-order valence-electron chi connectivity index (χ4n) is 2.97. The van der Waals surface area contributed by atoms with Crippen LogP contribution in [0.5, 0.6) is 11.5 Å². The Labute approximate surface area is 160 Å². The van der Waals surface area contributed by atoms with Crippen molar-refractivity contribution in [1.82, 2.24) is 4.57 Å². The Bertz CT molecular complexity index is 1120. The number of aromatic nitrogens is 1. The van der Waals surface area contributed by atoms with E-state index in [0.717, 1.165) is 23.9 Å². The van der Waals surface area contributed by atoms with Crippen molar-refractivity contribution in [3.05, 3.63) is 75.7 Å². The second-order valence-corrected chi connectivity index (χ2v) is 6.32. The second kappa shape index (κ2) is 7.64. The molecule has 0 saturated heterocycles. The highest BCUT2D eigenvalue weighted by atomic mass is 19.1. The predicted octanol–water partition coefficient (Wildman–Crippen LogP) is 4.47. The zero-order chi connectivity index (χ0) is 20.4. The van der Waals surface area contributed by atoms with Crippen LogP contribution in [-0.2, 0) is 7.05 Å². The van der Waals surface area contributed by atoms with E-state index in [4.69, 9.17) is 10.1 Å². The van der Waals surface area contributed by atoms with Crippen LogP contribution in [0.15, 0.2) is 47.4 Å². The largest absolute Gasteiger partial charge is 0.454 e. The molecule has 3 aromatic rings.